The van der Waals surface area contributed by atoms with Crippen molar-refractivity contribution in [2.45, 2.75) is 12.8 Å². The lowest BCUT2D eigenvalue weighted by Gasteiger charge is -2.28. The Morgan fingerprint density at radius 1 is 1.25 bits per heavy atom. The highest BCUT2D eigenvalue weighted by atomic mass is 15.1. The predicted molar refractivity (Wildman–Crippen MR) is 50.0 cm³/mol. The lowest BCUT2D eigenvalue weighted by Crippen LogP contribution is -2.29. The Morgan fingerprint density at radius 2 is 2.08 bits per heavy atom. The van der Waals surface area contributed by atoms with Gasteiger partial charge in [-0.25, -0.2) is 0 Å². The summed E-state index contributed by atoms with van der Waals surface area (Å²) in [6.07, 6.45) is 8.52. The topological polar surface area (TPSA) is 16.1 Å². The van der Waals surface area contributed by atoms with Gasteiger partial charge < -0.3 is 4.90 Å². The van der Waals surface area contributed by atoms with Crippen LogP contribution in [0.5, 0.6) is 0 Å². The van der Waals surface area contributed by atoms with E-state index in [4.69, 9.17) is 0 Å². The first-order chi connectivity index (χ1) is 5.97. The summed E-state index contributed by atoms with van der Waals surface area (Å²) in [5.74, 6) is 0. The number of nitrogens with zero attached hydrogens (tertiary/aromatic N) is 2. The van der Waals surface area contributed by atoms with Crippen molar-refractivity contribution in [3.8, 4) is 0 Å². The van der Waals surface area contributed by atoms with E-state index >= 15 is 0 Å². The minimum Gasteiger partial charge on any atom is -0.370 e. The summed E-state index contributed by atoms with van der Waals surface area (Å²) in [6, 6.07) is 4.12. The maximum absolute atomic E-state index is 4.11. The molecule has 0 N–H and O–H groups in total. The average molecular weight is 161 g/mol. The maximum Gasteiger partial charge on any atom is 0.0552 e. The molecule has 0 aromatic carbocycles. The first-order valence-electron chi connectivity index (χ1n) is 4.43. The Bertz CT molecular complexity index is 227. The van der Waals surface area contributed by atoms with Crippen LogP contribution in [0.25, 0.3) is 0 Å². The molecule has 0 saturated carbocycles. The fourth-order valence-corrected chi connectivity index (χ4v) is 1.55. The Labute approximate surface area is 73.2 Å². The number of aromatic nitrogens is 1. The van der Waals surface area contributed by atoms with E-state index in [-0.39, 0.29) is 0 Å². The van der Waals surface area contributed by atoms with Crippen LogP contribution in [0, 0.1) is 6.42 Å². The number of hydrogen-bond acceptors (Lipinski definition) is 2. The van der Waals surface area contributed by atoms with E-state index in [1.54, 1.807) is 0 Å². The summed E-state index contributed by atoms with van der Waals surface area (Å²) in [5.41, 5.74) is 1.26. The van der Waals surface area contributed by atoms with Gasteiger partial charge in [-0.05, 0) is 31.4 Å². The van der Waals surface area contributed by atoms with Gasteiger partial charge in [-0.2, -0.15) is 0 Å². The lowest BCUT2D eigenvalue weighted by atomic mass is 10.1. The predicted octanol–water partition coefficient (Wildman–Crippen LogP) is 1.89. The van der Waals surface area contributed by atoms with E-state index in [1.165, 1.54) is 18.5 Å². The Balaban J connectivity index is 2.08. The van der Waals surface area contributed by atoms with Gasteiger partial charge in [0.25, 0.3) is 0 Å². The van der Waals surface area contributed by atoms with Gasteiger partial charge in [0, 0.05) is 19.3 Å². The monoisotopic (exact) mass is 161 g/mol. The van der Waals surface area contributed by atoms with Gasteiger partial charge in [0.15, 0.2) is 0 Å². The first kappa shape index (κ1) is 7.59. The Hall–Kier alpha value is -1.05. The van der Waals surface area contributed by atoms with Crippen LogP contribution in [0.4, 0.5) is 5.69 Å². The van der Waals surface area contributed by atoms with Crippen molar-refractivity contribution in [1.29, 1.82) is 0 Å². The quantitative estimate of drug-likeness (QED) is 0.625. The fourth-order valence-electron chi connectivity index (χ4n) is 1.55. The van der Waals surface area contributed by atoms with Gasteiger partial charge in [0.2, 0.25) is 0 Å². The van der Waals surface area contributed by atoms with Crippen molar-refractivity contribution >= 4 is 5.69 Å². The summed E-state index contributed by atoms with van der Waals surface area (Å²) < 4.78 is 0. The normalized spacial score (nSPS) is 17.8. The molecule has 1 aliphatic heterocycles. The van der Waals surface area contributed by atoms with Crippen molar-refractivity contribution in [2.24, 2.45) is 0 Å². The number of rotatable bonds is 1. The van der Waals surface area contributed by atoms with Crippen LogP contribution >= 0.6 is 0 Å². The SMILES string of the molecule is [CH]1CCN(c2cccnc2)CC1. The van der Waals surface area contributed by atoms with Crippen molar-refractivity contribution in [1.82, 2.24) is 4.98 Å². The molecule has 2 rings (SSSR count). The second kappa shape index (κ2) is 3.57. The molecule has 0 amide bonds. The lowest BCUT2D eigenvalue weighted by molar-refractivity contribution is 0.678. The molecule has 1 fully saturated rings. The molecule has 0 atom stereocenters. The molecule has 0 unspecified atom stereocenters. The Morgan fingerprint density at radius 3 is 2.75 bits per heavy atom. The third-order valence-electron chi connectivity index (χ3n) is 2.22. The van der Waals surface area contributed by atoms with Crippen LogP contribution in [0.1, 0.15) is 12.8 Å². The van der Waals surface area contributed by atoms with E-state index in [0.717, 1.165) is 13.1 Å². The molecule has 1 saturated heterocycles. The van der Waals surface area contributed by atoms with Crippen molar-refractivity contribution in [3.63, 3.8) is 0 Å². The second-order valence-electron chi connectivity index (χ2n) is 3.06. The third-order valence-corrected chi connectivity index (χ3v) is 2.22. The summed E-state index contributed by atoms with van der Waals surface area (Å²) in [6.45, 7) is 2.29. The standard InChI is InChI=1S/C10H13N2/c1-2-7-12(8-3-1)10-5-4-6-11-9-10/h1,4-6,9H,2-3,7-8H2. The number of hydrogen-bond donors (Lipinski definition) is 0. The molecular weight excluding hydrogens is 148 g/mol. The molecule has 2 heterocycles. The number of pyridine rings is 1. The van der Waals surface area contributed by atoms with E-state index in [2.05, 4.69) is 22.4 Å². The minimum absolute atomic E-state index is 1.14. The summed E-state index contributed by atoms with van der Waals surface area (Å²) >= 11 is 0. The van der Waals surface area contributed by atoms with Crippen LogP contribution in [-0.2, 0) is 0 Å². The van der Waals surface area contributed by atoms with Crippen LogP contribution in [-0.4, -0.2) is 18.1 Å². The molecule has 2 nitrogen and oxygen atoms in total. The highest BCUT2D eigenvalue weighted by Gasteiger charge is 2.09. The maximum atomic E-state index is 4.11. The second-order valence-corrected chi connectivity index (χ2v) is 3.06. The zero-order valence-electron chi connectivity index (χ0n) is 7.11. The van der Waals surface area contributed by atoms with Crippen LogP contribution in [0.2, 0.25) is 0 Å². The molecule has 63 valence electrons. The zero-order valence-corrected chi connectivity index (χ0v) is 7.11. The van der Waals surface area contributed by atoms with Crippen molar-refractivity contribution < 1.29 is 0 Å². The summed E-state index contributed by atoms with van der Waals surface area (Å²) in [4.78, 5) is 6.49. The fraction of sp³-hybridized carbons (Fsp3) is 0.400. The Kier molecular flexibility index (Phi) is 2.26. The van der Waals surface area contributed by atoms with Gasteiger partial charge in [-0.1, -0.05) is 0 Å². The highest BCUT2D eigenvalue weighted by Crippen LogP contribution is 2.16. The first-order valence-corrected chi connectivity index (χ1v) is 4.43. The molecule has 1 aromatic heterocycles. The zero-order chi connectivity index (χ0) is 8.23. The van der Waals surface area contributed by atoms with Gasteiger partial charge in [0.05, 0.1) is 11.9 Å². The van der Waals surface area contributed by atoms with E-state index in [0.29, 0.717) is 0 Å². The molecule has 12 heavy (non-hydrogen) atoms. The third kappa shape index (κ3) is 1.58. The summed E-state index contributed by atoms with van der Waals surface area (Å²) in [7, 11) is 0. The number of anilines is 1. The van der Waals surface area contributed by atoms with Gasteiger partial charge >= 0.3 is 0 Å². The van der Waals surface area contributed by atoms with Crippen LogP contribution in [0.15, 0.2) is 24.5 Å². The van der Waals surface area contributed by atoms with Gasteiger partial charge in [-0.15, -0.1) is 0 Å². The molecule has 2 heteroatoms. The number of piperidine rings is 1. The van der Waals surface area contributed by atoms with E-state index in [9.17, 15) is 0 Å². The molecule has 1 radical (unpaired) electrons. The molecule has 0 spiro atoms. The van der Waals surface area contributed by atoms with Crippen LogP contribution < -0.4 is 4.90 Å². The van der Waals surface area contributed by atoms with E-state index in [1.807, 2.05) is 18.5 Å². The smallest absolute Gasteiger partial charge is 0.0552 e. The highest BCUT2D eigenvalue weighted by molar-refractivity contribution is 5.44. The molecular formula is C10H13N2. The minimum atomic E-state index is 1.14. The molecule has 0 aliphatic carbocycles. The van der Waals surface area contributed by atoms with E-state index < -0.39 is 0 Å². The van der Waals surface area contributed by atoms with Crippen LogP contribution in [0.3, 0.4) is 0 Å². The largest absolute Gasteiger partial charge is 0.370 e. The van der Waals surface area contributed by atoms with Crippen molar-refractivity contribution in [3.05, 3.63) is 30.9 Å². The van der Waals surface area contributed by atoms with Gasteiger partial charge in [0.1, 0.15) is 0 Å². The molecule has 1 aromatic rings. The molecule has 0 bridgehead atoms. The molecule has 1 aliphatic rings. The van der Waals surface area contributed by atoms with Crippen molar-refractivity contribution in [2.75, 3.05) is 18.0 Å². The summed E-state index contributed by atoms with van der Waals surface area (Å²) in [5, 5.41) is 0. The van der Waals surface area contributed by atoms with Gasteiger partial charge in [-0.3, -0.25) is 4.98 Å². The average Bonchev–Trinajstić information content (AvgIpc) is 2.21.